The maximum Gasteiger partial charge on any atom is 0.492 e. The summed E-state index contributed by atoms with van der Waals surface area (Å²) in [6.45, 7) is 3.48. The largest absolute Gasteiger partial charge is 0.492 e. The van der Waals surface area contributed by atoms with E-state index in [1.165, 1.54) is 6.20 Å². The molecular weight excluding hydrogens is 411 g/mol. The zero-order valence-corrected chi connectivity index (χ0v) is 17.6. The molecule has 0 fully saturated rings. The molecule has 0 radical (unpaired) electrons. The first kappa shape index (κ1) is 21.8. The molecule has 0 saturated carbocycles. The fourth-order valence-electron chi connectivity index (χ4n) is 3.70. The number of nitrogens with one attached hydrogen (secondary N) is 2. The van der Waals surface area contributed by atoms with E-state index in [2.05, 4.69) is 20.6 Å². The standard InChI is InChI=1S/C22H23BN4O5/c1-22(2)16-10-14(8-9-17(16)23(31)32-22)25-21-24-11-15(20(29)30)19(27-21)26-18(12-28)13-6-4-3-5-7-13/h3-11,18,28,31H,12H2,1-2H3,(H,29,30)(H2,24,25,26,27)/t18-/m1/s1. The third kappa shape index (κ3) is 4.29. The molecule has 4 rings (SSSR count). The summed E-state index contributed by atoms with van der Waals surface area (Å²) in [4.78, 5) is 20.1. The van der Waals surface area contributed by atoms with Crippen LogP contribution in [0.2, 0.25) is 0 Å². The zero-order valence-electron chi connectivity index (χ0n) is 17.6. The molecule has 0 unspecified atom stereocenters. The number of aliphatic hydroxyl groups excluding tert-OH is 1. The topological polar surface area (TPSA) is 137 Å². The van der Waals surface area contributed by atoms with E-state index in [-0.39, 0.29) is 23.9 Å². The zero-order chi connectivity index (χ0) is 22.9. The average Bonchev–Trinajstić information content (AvgIpc) is 3.00. The van der Waals surface area contributed by atoms with Gasteiger partial charge in [0.1, 0.15) is 11.4 Å². The van der Waals surface area contributed by atoms with Crippen LogP contribution in [0, 0.1) is 0 Å². The third-order valence-electron chi connectivity index (χ3n) is 5.35. The Labute approximate surface area is 185 Å². The molecule has 0 saturated heterocycles. The molecule has 2 heterocycles. The molecule has 5 N–H and O–H groups in total. The molecule has 1 aliphatic rings. The van der Waals surface area contributed by atoms with E-state index in [1.807, 2.05) is 50.2 Å². The van der Waals surface area contributed by atoms with Gasteiger partial charge in [0.05, 0.1) is 18.2 Å². The van der Waals surface area contributed by atoms with Crippen molar-refractivity contribution in [3.05, 3.63) is 71.4 Å². The molecule has 32 heavy (non-hydrogen) atoms. The number of carbonyl (C=O) groups is 1. The van der Waals surface area contributed by atoms with Gasteiger partial charge in [-0.25, -0.2) is 9.78 Å². The lowest BCUT2D eigenvalue weighted by atomic mass is 9.78. The highest BCUT2D eigenvalue weighted by molar-refractivity contribution is 6.62. The van der Waals surface area contributed by atoms with Crippen LogP contribution in [0.4, 0.5) is 17.5 Å². The number of benzene rings is 2. The van der Waals surface area contributed by atoms with Crippen molar-refractivity contribution in [2.45, 2.75) is 25.5 Å². The predicted molar refractivity (Wildman–Crippen MR) is 120 cm³/mol. The van der Waals surface area contributed by atoms with Gasteiger partial charge in [0.15, 0.2) is 0 Å². The summed E-state index contributed by atoms with van der Waals surface area (Å²) >= 11 is 0. The maximum atomic E-state index is 11.7. The molecule has 164 valence electrons. The number of nitrogens with zero attached hydrogens (tertiary/aromatic N) is 2. The van der Waals surface area contributed by atoms with Crippen molar-refractivity contribution in [1.82, 2.24) is 9.97 Å². The van der Waals surface area contributed by atoms with E-state index in [1.54, 1.807) is 12.1 Å². The molecule has 0 aliphatic carbocycles. The van der Waals surface area contributed by atoms with Crippen LogP contribution in [-0.2, 0) is 10.3 Å². The van der Waals surface area contributed by atoms with Crippen LogP contribution in [0.15, 0.2) is 54.7 Å². The number of hydrogen-bond donors (Lipinski definition) is 5. The van der Waals surface area contributed by atoms with Crippen molar-refractivity contribution in [3.8, 4) is 0 Å². The number of aliphatic hydroxyl groups is 1. The maximum absolute atomic E-state index is 11.7. The first-order valence-electron chi connectivity index (χ1n) is 10.1. The number of aromatic nitrogens is 2. The van der Waals surface area contributed by atoms with Gasteiger partial charge >= 0.3 is 13.1 Å². The number of fused-ring (bicyclic) bond motifs is 1. The highest BCUT2D eigenvalue weighted by atomic mass is 16.5. The van der Waals surface area contributed by atoms with Crippen molar-refractivity contribution in [3.63, 3.8) is 0 Å². The Morgan fingerprint density at radius 1 is 1.22 bits per heavy atom. The molecule has 1 aromatic heterocycles. The van der Waals surface area contributed by atoms with E-state index in [4.69, 9.17) is 4.65 Å². The minimum atomic E-state index is -1.19. The van der Waals surface area contributed by atoms with Gasteiger partial charge in [0, 0.05) is 11.9 Å². The molecule has 1 atom stereocenters. The molecule has 9 nitrogen and oxygen atoms in total. The number of carboxylic acid groups (broad SMARTS) is 1. The van der Waals surface area contributed by atoms with E-state index < -0.39 is 24.7 Å². The SMILES string of the molecule is CC1(C)OB(O)c2ccc(Nc3ncc(C(=O)O)c(N[C@H](CO)c4ccccc4)n3)cc21. The summed E-state index contributed by atoms with van der Waals surface area (Å²) in [6.07, 6.45) is 1.21. The second-order valence-electron chi connectivity index (χ2n) is 7.96. The fourth-order valence-corrected chi connectivity index (χ4v) is 3.70. The molecule has 3 aromatic rings. The van der Waals surface area contributed by atoms with Crippen molar-refractivity contribution < 1.29 is 24.7 Å². The normalized spacial score (nSPS) is 15.2. The van der Waals surface area contributed by atoms with Gasteiger partial charge < -0.3 is 30.5 Å². The van der Waals surface area contributed by atoms with Gasteiger partial charge in [-0.3, -0.25) is 0 Å². The van der Waals surface area contributed by atoms with E-state index in [0.717, 1.165) is 11.1 Å². The highest BCUT2D eigenvalue weighted by Gasteiger charge is 2.40. The van der Waals surface area contributed by atoms with Crippen LogP contribution in [0.1, 0.15) is 41.4 Å². The van der Waals surface area contributed by atoms with Gasteiger partial charge in [-0.1, -0.05) is 36.4 Å². The molecule has 0 amide bonds. The van der Waals surface area contributed by atoms with Crippen LogP contribution in [0.25, 0.3) is 0 Å². The van der Waals surface area contributed by atoms with E-state index in [0.29, 0.717) is 11.2 Å². The Kier molecular flexibility index (Phi) is 5.83. The fraction of sp³-hybridized carbons (Fsp3) is 0.227. The number of carboxylic acids is 1. The number of aromatic carboxylic acids is 1. The summed E-state index contributed by atoms with van der Waals surface area (Å²) in [5, 5.41) is 35.5. The molecule has 10 heteroatoms. The van der Waals surface area contributed by atoms with Gasteiger partial charge in [-0.05, 0) is 42.6 Å². The first-order valence-corrected chi connectivity index (χ1v) is 10.1. The minimum Gasteiger partial charge on any atom is -0.477 e. The van der Waals surface area contributed by atoms with E-state index >= 15 is 0 Å². The van der Waals surface area contributed by atoms with Crippen molar-refractivity contribution in [2.24, 2.45) is 0 Å². The average molecular weight is 434 g/mol. The van der Waals surface area contributed by atoms with Crippen LogP contribution < -0.4 is 16.1 Å². The van der Waals surface area contributed by atoms with Crippen LogP contribution in [0.3, 0.4) is 0 Å². The lowest BCUT2D eigenvalue weighted by Crippen LogP contribution is -2.28. The Morgan fingerprint density at radius 3 is 2.66 bits per heavy atom. The van der Waals surface area contributed by atoms with Gasteiger partial charge in [0.2, 0.25) is 5.95 Å². The summed E-state index contributed by atoms with van der Waals surface area (Å²) in [5.74, 6) is -0.924. The summed E-state index contributed by atoms with van der Waals surface area (Å²) in [7, 11) is -0.982. The third-order valence-corrected chi connectivity index (χ3v) is 5.35. The first-order chi connectivity index (χ1) is 15.3. The summed E-state index contributed by atoms with van der Waals surface area (Å²) in [5.41, 5.74) is 2.20. The second-order valence-corrected chi connectivity index (χ2v) is 7.96. The highest BCUT2D eigenvalue weighted by Crippen LogP contribution is 2.32. The number of hydrogen-bond acceptors (Lipinski definition) is 8. The van der Waals surface area contributed by atoms with Crippen molar-refractivity contribution in [1.29, 1.82) is 0 Å². The van der Waals surface area contributed by atoms with Gasteiger partial charge in [0.25, 0.3) is 0 Å². The van der Waals surface area contributed by atoms with Crippen LogP contribution in [-0.4, -0.2) is 44.9 Å². The Bertz CT molecular complexity index is 1140. The van der Waals surface area contributed by atoms with Gasteiger partial charge in [-0.15, -0.1) is 0 Å². The summed E-state index contributed by atoms with van der Waals surface area (Å²) < 4.78 is 5.58. The van der Waals surface area contributed by atoms with Crippen molar-refractivity contribution >= 4 is 36.0 Å². The minimum absolute atomic E-state index is 0.0816. The predicted octanol–water partition coefficient (Wildman–Crippen LogP) is 2.02. The van der Waals surface area contributed by atoms with Crippen molar-refractivity contribution in [2.75, 3.05) is 17.2 Å². The monoisotopic (exact) mass is 434 g/mol. The van der Waals surface area contributed by atoms with Crippen LogP contribution >= 0.6 is 0 Å². The molecule has 0 bridgehead atoms. The summed E-state index contributed by atoms with van der Waals surface area (Å²) in [6, 6.07) is 14.0. The Morgan fingerprint density at radius 2 is 1.97 bits per heavy atom. The quantitative estimate of drug-likeness (QED) is 0.354. The Balaban J connectivity index is 1.63. The molecule has 2 aromatic carbocycles. The molecule has 0 spiro atoms. The van der Waals surface area contributed by atoms with Gasteiger partial charge in [-0.2, -0.15) is 4.98 Å². The number of rotatable bonds is 7. The van der Waals surface area contributed by atoms with E-state index in [9.17, 15) is 20.0 Å². The lowest BCUT2D eigenvalue weighted by molar-refractivity contribution is 0.0696. The molecule has 1 aliphatic heterocycles. The second kappa shape index (κ2) is 8.58. The smallest absolute Gasteiger partial charge is 0.477 e. The number of anilines is 3. The Hall–Kier alpha value is -3.47. The molecular formula is C22H23BN4O5. The van der Waals surface area contributed by atoms with Crippen LogP contribution in [0.5, 0.6) is 0 Å². The lowest BCUT2D eigenvalue weighted by Gasteiger charge is -2.20.